The molecule has 0 unspecified atom stereocenters. The third-order valence-electron chi connectivity index (χ3n) is 5.66. The first kappa shape index (κ1) is 20.8. The highest BCUT2D eigenvalue weighted by Gasteiger charge is 2.19. The van der Waals surface area contributed by atoms with Crippen molar-refractivity contribution in [3.8, 4) is 5.75 Å². The number of carbonyl (C=O) groups is 2. The quantitative estimate of drug-likeness (QED) is 0.472. The molecular weight excluding hydrogens is 416 g/mol. The maximum atomic E-state index is 12.7. The molecule has 4 aromatic rings. The molecule has 1 aliphatic rings. The SMILES string of the molecule is O=C(Nc1cccc(OCc2cn3ccccc3n2)c1)c1ccc(N2CCCCC2=O)cc1. The Morgan fingerprint density at radius 1 is 1.03 bits per heavy atom. The van der Waals surface area contributed by atoms with Gasteiger partial charge >= 0.3 is 0 Å². The van der Waals surface area contributed by atoms with E-state index < -0.39 is 0 Å². The van der Waals surface area contributed by atoms with Crippen LogP contribution in [-0.4, -0.2) is 27.7 Å². The summed E-state index contributed by atoms with van der Waals surface area (Å²) in [7, 11) is 0. The molecule has 1 fully saturated rings. The van der Waals surface area contributed by atoms with Crippen molar-refractivity contribution in [2.75, 3.05) is 16.8 Å². The monoisotopic (exact) mass is 440 g/mol. The number of fused-ring (bicyclic) bond motifs is 1. The first-order valence-electron chi connectivity index (χ1n) is 11.0. The molecule has 1 aliphatic heterocycles. The number of rotatable bonds is 6. The zero-order chi connectivity index (χ0) is 22.6. The highest BCUT2D eigenvalue weighted by molar-refractivity contribution is 6.04. The van der Waals surface area contributed by atoms with Gasteiger partial charge in [0.25, 0.3) is 5.91 Å². The molecule has 2 aromatic heterocycles. The van der Waals surface area contributed by atoms with E-state index in [4.69, 9.17) is 4.74 Å². The number of hydrogen-bond acceptors (Lipinski definition) is 4. The van der Waals surface area contributed by atoms with Gasteiger partial charge in [0.05, 0.1) is 5.69 Å². The summed E-state index contributed by atoms with van der Waals surface area (Å²) >= 11 is 0. The van der Waals surface area contributed by atoms with Crippen LogP contribution in [0.4, 0.5) is 11.4 Å². The molecule has 33 heavy (non-hydrogen) atoms. The predicted octanol–water partition coefficient (Wildman–Crippen LogP) is 4.68. The average molecular weight is 441 g/mol. The van der Waals surface area contributed by atoms with Crippen molar-refractivity contribution in [1.82, 2.24) is 9.38 Å². The van der Waals surface area contributed by atoms with Gasteiger partial charge in [-0.3, -0.25) is 9.59 Å². The molecule has 0 radical (unpaired) electrons. The summed E-state index contributed by atoms with van der Waals surface area (Å²) in [5.41, 5.74) is 3.69. The number of carbonyl (C=O) groups excluding carboxylic acids is 2. The van der Waals surface area contributed by atoms with Gasteiger partial charge in [-0.25, -0.2) is 4.98 Å². The smallest absolute Gasteiger partial charge is 0.255 e. The molecule has 2 aromatic carbocycles. The Labute approximate surface area is 191 Å². The standard InChI is InChI=1S/C26H24N4O3/c31-25-9-2-4-15-30(25)22-12-10-19(11-13-22)26(32)28-20-6-5-7-23(16-20)33-18-21-17-29-14-3-1-8-24(29)27-21/h1,3,5-8,10-14,16-17H,2,4,9,15,18H2,(H,28,32). The highest BCUT2D eigenvalue weighted by atomic mass is 16.5. The van der Waals surface area contributed by atoms with Crippen LogP contribution in [0.1, 0.15) is 35.3 Å². The van der Waals surface area contributed by atoms with Crippen LogP contribution in [0.3, 0.4) is 0 Å². The van der Waals surface area contributed by atoms with Gasteiger partial charge in [0.2, 0.25) is 5.91 Å². The van der Waals surface area contributed by atoms with Crippen LogP contribution in [0, 0.1) is 0 Å². The van der Waals surface area contributed by atoms with E-state index in [0.717, 1.165) is 36.4 Å². The molecule has 0 saturated carbocycles. The summed E-state index contributed by atoms with van der Waals surface area (Å²) in [6.07, 6.45) is 6.40. The van der Waals surface area contributed by atoms with Crippen LogP contribution in [0.25, 0.3) is 5.65 Å². The number of piperidine rings is 1. The maximum Gasteiger partial charge on any atom is 0.255 e. The number of hydrogen-bond donors (Lipinski definition) is 1. The molecule has 3 heterocycles. The van der Waals surface area contributed by atoms with Crippen LogP contribution in [-0.2, 0) is 11.4 Å². The number of imidazole rings is 1. The Morgan fingerprint density at radius 2 is 1.91 bits per heavy atom. The number of aromatic nitrogens is 2. The molecule has 2 amide bonds. The first-order chi connectivity index (χ1) is 16.2. The summed E-state index contributed by atoms with van der Waals surface area (Å²) in [6.45, 7) is 1.06. The van der Waals surface area contributed by atoms with E-state index in [0.29, 0.717) is 30.0 Å². The highest BCUT2D eigenvalue weighted by Crippen LogP contribution is 2.23. The number of nitrogens with one attached hydrogen (secondary N) is 1. The van der Waals surface area contributed by atoms with Crippen molar-refractivity contribution in [2.24, 2.45) is 0 Å². The van der Waals surface area contributed by atoms with Gasteiger partial charge in [-0.05, 0) is 61.4 Å². The number of pyridine rings is 1. The molecule has 0 bridgehead atoms. The minimum atomic E-state index is -0.218. The maximum absolute atomic E-state index is 12.7. The zero-order valence-corrected chi connectivity index (χ0v) is 18.1. The number of nitrogens with zero attached hydrogens (tertiary/aromatic N) is 3. The van der Waals surface area contributed by atoms with Crippen molar-refractivity contribution in [1.29, 1.82) is 0 Å². The van der Waals surface area contributed by atoms with E-state index in [9.17, 15) is 9.59 Å². The Hall–Kier alpha value is -4.13. The lowest BCUT2D eigenvalue weighted by atomic mass is 10.1. The van der Waals surface area contributed by atoms with Gasteiger partial charge < -0.3 is 19.4 Å². The fourth-order valence-corrected chi connectivity index (χ4v) is 3.95. The Bertz CT molecular complexity index is 1260. The summed E-state index contributed by atoms with van der Waals surface area (Å²) in [5.74, 6) is 0.562. The van der Waals surface area contributed by atoms with Crippen molar-refractivity contribution in [2.45, 2.75) is 25.9 Å². The van der Waals surface area contributed by atoms with Crippen LogP contribution in [0.15, 0.2) is 79.1 Å². The van der Waals surface area contributed by atoms with Gasteiger partial charge in [0, 0.05) is 48.4 Å². The fourth-order valence-electron chi connectivity index (χ4n) is 3.95. The second-order valence-corrected chi connectivity index (χ2v) is 8.02. The van der Waals surface area contributed by atoms with Crippen LogP contribution < -0.4 is 15.0 Å². The normalized spacial score (nSPS) is 13.8. The number of ether oxygens (including phenoxy) is 1. The molecule has 5 rings (SSSR count). The fraction of sp³-hybridized carbons (Fsp3) is 0.192. The van der Waals surface area contributed by atoms with E-state index in [-0.39, 0.29) is 11.8 Å². The van der Waals surface area contributed by atoms with Crippen LogP contribution >= 0.6 is 0 Å². The van der Waals surface area contributed by atoms with E-state index in [1.165, 1.54) is 0 Å². The lowest BCUT2D eigenvalue weighted by Crippen LogP contribution is -2.35. The summed E-state index contributed by atoms with van der Waals surface area (Å²) < 4.78 is 7.82. The van der Waals surface area contributed by atoms with E-state index in [1.807, 2.05) is 65.3 Å². The zero-order valence-electron chi connectivity index (χ0n) is 18.1. The lowest BCUT2D eigenvalue weighted by molar-refractivity contribution is -0.119. The minimum Gasteiger partial charge on any atom is -0.487 e. The van der Waals surface area contributed by atoms with Crippen LogP contribution in [0.2, 0.25) is 0 Å². The summed E-state index contributed by atoms with van der Waals surface area (Å²) in [6, 6.07) is 20.3. The molecule has 0 aliphatic carbocycles. The Kier molecular flexibility index (Phi) is 5.76. The molecule has 0 atom stereocenters. The van der Waals surface area contributed by atoms with Gasteiger partial charge in [0.15, 0.2) is 0 Å². The Balaban J connectivity index is 1.21. The second-order valence-electron chi connectivity index (χ2n) is 8.02. The lowest BCUT2D eigenvalue weighted by Gasteiger charge is -2.26. The van der Waals surface area contributed by atoms with Crippen LogP contribution in [0.5, 0.6) is 5.75 Å². The number of anilines is 2. The molecule has 1 saturated heterocycles. The van der Waals surface area contributed by atoms with Gasteiger partial charge in [0.1, 0.15) is 18.0 Å². The molecule has 7 nitrogen and oxygen atoms in total. The van der Waals surface area contributed by atoms with E-state index >= 15 is 0 Å². The average Bonchev–Trinajstić information content (AvgIpc) is 3.27. The van der Waals surface area contributed by atoms with E-state index in [2.05, 4.69) is 10.3 Å². The molecule has 1 N–H and O–H groups in total. The predicted molar refractivity (Wildman–Crippen MR) is 127 cm³/mol. The van der Waals surface area contributed by atoms with Gasteiger partial charge in [-0.2, -0.15) is 0 Å². The third kappa shape index (κ3) is 4.72. The molecular formula is C26H24N4O3. The largest absolute Gasteiger partial charge is 0.487 e. The second kappa shape index (κ2) is 9.16. The summed E-state index contributed by atoms with van der Waals surface area (Å²) in [5, 5.41) is 2.91. The first-order valence-corrected chi connectivity index (χ1v) is 11.0. The van der Waals surface area contributed by atoms with Crippen molar-refractivity contribution in [3.63, 3.8) is 0 Å². The Morgan fingerprint density at radius 3 is 2.73 bits per heavy atom. The minimum absolute atomic E-state index is 0.138. The van der Waals surface area contributed by atoms with Gasteiger partial charge in [-0.15, -0.1) is 0 Å². The summed E-state index contributed by atoms with van der Waals surface area (Å²) in [4.78, 5) is 31.1. The van der Waals surface area contributed by atoms with Crippen molar-refractivity contribution < 1.29 is 14.3 Å². The number of amides is 2. The topological polar surface area (TPSA) is 75.9 Å². The van der Waals surface area contributed by atoms with Gasteiger partial charge in [-0.1, -0.05) is 12.1 Å². The molecule has 7 heteroatoms. The molecule has 166 valence electrons. The van der Waals surface area contributed by atoms with Crippen molar-refractivity contribution in [3.05, 3.63) is 90.4 Å². The number of benzene rings is 2. The molecule has 0 spiro atoms. The van der Waals surface area contributed by atoms with E-state index in [1.54, 1.807) is 23.1 Å². The van der Waals surface area contributed by atoms with Crippen molar-refractivity contribution >= 4 is 28.8 Å². The third-order valence-corrected chi connectivity index (χ3v) is 5.66.